The van der Waals surface area contributed by atoms with Gasteiger partial charge in [0.1, 0.15) is 0 Å². The van der Waals surface area contributed by atoms with Gasteiger partial charge in [0.25, 0.3) is 5.89 Å². The number of amides is 1. The summed E-state index contributed by atoms with van der Waals surface area (Å²) in [6, 6.07) is 9.77. The largest absolute Gasteiger partial charge is 0.352 e. The Labute approximate surface area is 142 Å². The maximum Gasteiger partial charge on any atom is 0.257 e. The molecule has 1 aliphatic rings. The van der Waals surface area contributed by atoms with Crippen LogP contribution in [0.15, 0.2) is 34.9 Å². The summed E-state index contributed by atoms with van der Waals surface area (Å²) in [4.78, 5) is 18.7. The van der Waals surface area contributed by atoms with Gasteiger partial charge in [0.15, 0.2) is 5.82 Å². The van der Waals surface area contributed by atoms with Gasteiger partial charge in [0.05, 0.1) is 12.6 Å². The number of hydrogen-bond donors (Lipinski definition) is 1. The topological polar surface area (TPSA) is 71.3 Å². The van der Waals surface area contributed by atoms with Crippen LogP contribution < -0.4 is 5.32 Å². The Balaban J connectivity index is 1.57. The maximum atomic E-state index is 12.3. The first kappa shape index (κ1) is 16.6. The molecule has 0 unspecified atom stereocenters. The number of rotatable bonds is 6. The number of benzene rings is 1. The monoisotopic (exact) mass is 328 g/mol. The molecule has 1 aromatic heterocycles. The summed E-state index contributed by atoms with van der Waals surface area (Å²) in [7, 11) is 1.90. The van der Waals surface area contributed by atoms with Gasteiger partial charge in [-0.3, -0.25) is 9.69 Å². The van der Waals surface area contributed by atoms with Crippen molar-refractivity contribution in [1.29, 1.82) is 0 Å². The molecule has 2 aromatic rings. The van der Waals surface area contributed by atoms with Crippen LogP contribution in [0.1, 0.15) is 38.4 Å². The minimum absolute atomic E-state index is 0.0659. The van der Waals surface area contributed by atoms with Crippen LogP contribution in [0.2, 0.25) is 0 Å². The zero-order chi connectivity index (χ0) is 16.9. The van der Waals surface area contributed by atoms with Gasteiger partial charge in [-0.25, -0.2) is 0 Å². The normalized spacial score (nSPS) is 16.5. The highest BCUT2D eigenvalue weighted by Crippen LogP contribution is 2.19. The van der Waals surface area contributed by atoms with Crippen molar-refractivity contribution in [2.45, 2.75) is 51.2 Å². The lowest BCUT2D eigenvalue weighted by Gasteiger charge is -2.24. The van der Waals surface area contributed by atoms with Gasteiger partial charge in [-0.1, -0.05) is 36.2 Å². The van der Waals surface area contributed by atoms with Crippen molar-refractivity contribution in [3.05, 3.63) is 36.2 Å². The molecule has 0 spiro atoms. The molecule has 1 aliphatic carbocycles. The first-order chi connectivity index (χ1) is 11.6. The SMILES string of the molecule is C[C@H](C(=O)NC1CCCC1)N(C)Cc1noc(-c2ccccc2)n1. The molecule has 1 N–H and O–H groups in total. The van der Waals surface area contributed by atoms with Gasteiger partial charge in [0, 0.05) is 11.6 Å². The molecule has 0 aliphatic heterocycles. The maximum absolute atomic E-state index is 12.3. The van der Waals surface area contributed by atoms with Crippen LogP contribution in [0.5, 0.6) is 0 Å². The average Bonchev–Trinajstić information content (AvgIpc) is 3.27. The van der Waals surface area contributed by atoms with E-state index in [1.807, 2.05) is 49.2 Å². The minimum atomic E-state index is -0.232. The van der Waals surface area contributed by atoms with E-state index in [0.717, 1.165) is 18.4 Å². The van der Waals surface area contributed by atoms with E-state index < -0.39 is 0 Å². The average molecular weight is 328 g/mol. The first-order valence-electron chi connectivity index (χ1n) is 8.52. The summed E-state index contributed by atoms with van der Waals surface area (Å²) in [5, 5.41) is 7.15. The van der Waals surface area contributed by atoms with E-state index in [0.29, 0.717) is 24.3 Å². The second-order valence-electron chi connectivity index (χ2n) is 6.46. The second kappa shape index (κ2) is 7.57. The number of carbonyl (C=O) groups excluding carboxylic acids is 1. The summed E-state index contributed by atoms with van der Waals surface area (Å²) >= 11 is 0. The molecule has 1 aromatic carbocycles. The van der Waals surface area contributed by atoms with E-state index in [9.17, 15) is 4.79 Å². The van der Waals surface area contributed by atoms with Crippen LogP contribution >= 0.6 is 0 Å². The number of hydrogen-bond acceptors (Lipinski definition) is 5. The fraction of sp³-hybridized carbons (Fsp3) is 0.500. The number of likely N-dealkylation sites (N-methyl/N-ethyl adjacent to an activating group) is 1. The third-order valence-corrected chi connectivity index (χ3v) is 4.62. The van der Waals surface area contributed by atoms with Gasteiger partial charge in [-0.05, 0) is 38.9 Å². The molecule has 6 heteroatoms. The molecule has 0 saturated heterocycles. The Kier molecular flexibility index (Phi) is 5.25. The minimum Gasteiger partial charge on any atom is -0.352 e. The lowest BCUT2D eigenvalue weighted by atomic mass is 10.2. The van der Waals surface area contributed by atoms with E-state index in [-0.39, 0.29) is 11.9 Å². The van der Waals surface area contributed by atoms with Crippen molar-refractivity contribution in [1.82, 2.24) is 20.4 Å². The summed E-state index contributed by atoms with van der Waals surface area (Å²) in [5.74, 6) is 1.15. The highest BCUT2D eigenvalue weighted by Gasteiger charge is 2.24. The molecule has 1 fully saturated rings. The molecule has 24 heavy (non-hydrogen) atoms. The van der Waals surface area contributed by atoms with Gasteiger partial charge in [-0.15, -0.1) is 0 Å². The molecular weight excluding hydrogens is 304 g/mol. The molecule has 1 heterocycles. The molecule has 1 saturated carbocycles. The van der Waals surface area contributed by atoms with Crippen molar-refractivity contribution in [3.8, 4) is 11.5 Å². The van der Waals surface area contributed by atoms with Crippen molar-refractivity contribution in [2.24, 2.45) is 0 Å². The van der Waals surface area contributed by atoms with Gasteiger partial charge < -0.3 is 9.84 Å². The summed E-state index contributed by atoms with van der Waals surface area (Å²) < 4.78 is 5.31. The standard InChI is InChI=1S/C18H24N4O2/c1-13(17(23)19-15-10-6-7-11-15)22(2)12-16-20-18(24-21-16)14-8-4-3-5-9-14/h3-5,8-9,13,15H,6-7,10-12H2,1-2H3,(H,19,23)/t13-/m1/s1. The molecule has 128 valence electrons. The summed E-state index contributed by atoms with van der Waals surface area (Å²) in [6.07, 6.45) is 4.60. The van der Waals surface area contributed by atoms with Crippen LogP contribution in [0.4, 0.5) is 0 Å². The van der Waals surface area contributed by atoms with E-state index in [1.54, 1.807) is 0 Å². The zero-order valence-corrected chi connectivity index (χ0v) is 14.2. The Morgan fingerprint density at radius 2 is 2.04 bits per heavy atom. The Hall–Kier alpha value is -2.21. The first-order valence-corrected chi connectivity index (χ1v) is 8.52. The lowest BCUT2D eigenvalue weighted by molar-refractivity contribution is -0.126. The number of carbonyl (C=O) groups is 1. The highest BCUT2D eigenvalue weighted by atomic mass is 16.5. The molecule has 1 amide bonds. The van der Waals surface area contributed by atoms with Crippen LogP contribution in [0.25, 0.3) is 11.5 Å². The van der Waals surface area contributed by atoms with Crippen LogP contribution in [-0.2, 0) is 11.3 Å². The molecule has 0 bridgehead atoms. The van der Waals surface area contributed by atoms with Crippen LogP contribution in [-0.4, -0.2) is 40.1 Å². The predicted molar refractivity (Wildman–Crippen MR) is 91.1 cm³/mol. The number of aromatic nitrogens is 2. The smallest absolute Gasteiger partial charge is 0.257 e. The summed E-state index contributed by atoms with van der Waals surface area (Å²) in [6.45, 7) is 2.37. The van der Waals surface area contributed by atoms with Crippen LogP contribution in [0.3, 0.4) is 0 Å². The van der Waals surface area contributed by atoms with Crippen LogP contribution in [0, 0.1) is 0 Å². The van der Waals surface area contributed by atoms with Gasteiger partial charge >= 0.3 is 0 Å². The molecule has 0 radical (unpaired) electrons. The number of nitrogens with one attached hydrogen (secondary N) is 1. The molecule has 6 nitrogen and oxygen atoms in total. The van der Waals surface area contributed by atoms with E-state index >= 15 is 0 Å². The highest BCUT2D eigenvalue weighted by molar-refractivity contribution is 5.81. The van der Waals surface area contributed by atoms with E-state index in [1.165, 1.54) is 12.8 Å². The number of nitrogens with zero attached hydrogens (tertiary/aromatic N) is 3. The van der Waals surface area contributed by atoms with Crippen molar-refractivity contribution in [3.63, 3.8) is 0 Å². The van der Waals surface area contributed by atoms with E-state index in [4.69, 9.17) is 4.52 Å². The Bertz CT molecular complexity index is 665. The van der Waals surface area contributed by atoms with Gasteiger partial charge in [-0.2, -0.15) is 4.98 Å². The Morgan fingerprint density at radius 3 is 2.75 bits per heavy atom. The molecular formula is C18H24N4O2. The van der Waals surface area contributed by atoms with Gasteiger partial charge in [0.2, 0.25) is 5.91 Å². The zero-order valence-electron chi connectivity index (χ0n) is 14.2. The fourth-order valence-electron chi connectivity index (χ4n) is 2.97. The lowest BCUT2D eigenvalue weighted by Crippen LogP contribution is -2.46. The quantitative estimate of drug-likeness (QED) is 0.882. The Morgan fingerprint density at radius 1 is 1.33 bits per heavy atom. The second-order valence-corrected chi connectivity index (χ2v) is 6.46. The molecule has 1 atom stereocenters. The van der Waals surface area contributed by atoms with E-state index in [2.05, 4.69) is 15.5 Å². The summed E-state index contributed by atoms with van der Waals surface area (Å²) in [5.41, 5.74) is 0.894. The van der Waals surface area contributed by atoms with Crippen molar-refractivity contribution >= 4 is 5.91 Å². The molecule has 3 rings (SSSR count). The predicted octanol–water partition coefficient (Wildman–Crippen LogP) is 2.62. The third-order valence-electron chi connectivity index (χ3n) is 4.62. The van der Waals surface area contributed by atoms with Crippen molar-refractivity contribution in [2.75, 3.05) is 7.05 Å². The third kappa shape index (κ3) is 4.00. The van der Waals surface area contributed by atoms with Crippen molar-refractivity contribution < 1.29 is 9.32 Å². The fourth-order valence-corrected chi connectivity index (χ4v) is 2.97.